The SMILES string of the molecule is CC1=NN(N2C=Cc3ccccc3S2)CC1=O. The molecule has 0 aromatic heterocycles. The maximum absolute atomic E-state index is 11.4. The molecular weight excluding hydrogens is 234 g/mol. The smallest absolute Gasteiger partial charge is 0.201 e. The zero-order valence-electron chi connectivity index (χ0n) is 9.33. The number of hydrazine groups is 1. The Balaban J connectivity index is 1.84. The maximum atomic E-state index is 11.4. The number of fused-ring (bicyclic) bond motifs is 1. The zero-order valence-corrected chi connectivity index (χ0v) is 10.1. The predicted octanol–water partition coefficient (Wildman–Crippen LogP) is 2.16. The van der Waals surface area contributed by atoms with Gasteiger partial charge in [-0.05, 0) is 24.6 Å². The normalized spacial score (nSPS) is 18.4. The molecule has 2 aliphatic heterocycles. The van der Waals surface area contributed by atoms with Crippen LogP contribution in [0.1, 0.15) is 12.5 Å². The highest BCUT2D eigenvalue weighted by molar-refractivity contribution is 7.97. The van der Waals surface area contributed by atoms with E-state index >= 15 is 0 Å². The number of benzene rings is 1. The van der Waals surface area contributed by atoms with Gasteiger partial charge in [0.25, 0.3) is 0 Å². The molecule has 5 heteroatoms. The van der Waals surface area contributed by atoms with Gasteiger partial charge in [-0.2, -0.15) is 10.2 Å². The Bertz CT molecular complexity index is 538. The summed E-state index contributed by atoms with van der Waals surface area (Å²) in [6.45, 7) is 2.07. The Labute approximate surface area is 104 Å². The molecule has 1 aromatic carbocycles. The number of hydrazone groups is 1. The first-order chi connectivity index (χ1) is 8.24. The van der Waals surface area contributed by atoms with E-state index in [1.165, 1.54) is 10.5 Å². The molecule has 3 rings (SSSR count). The summed E-state index contributed by atoms with van der Waals surface area (Å²) in [5, 5.41) is 5.91. The lowest BCUT2D eigenvalue weighted by Crippen LogP contribution is -2.30. The van der Waals surface area contributed by atoms with Gasteiger partial charge < -0.3 is 0 Å². The summed E-state index contributed by atoms with van der Waals surface area (Å²) in [4.78, 5) is 12.6. The summed E-state index contributed by atoms with van der Waals surface area (Å²) in [5.74, 6) is 0.0814. The Hall–Kier alpha value is -1.75. The number of Topliss-reactive ketones (excluding diaryl/α,β-unsaturated/α-hetero) is 1. The molecule has 0 amide bonds. The minimum atomic E-state index is 0.0814. The molecule has 4 nitrogen and oxygen atoms in total. The number of carbonyl (C=O) groups excluding carboxylic acids is 1. The minimum Gasteiger partial charge on any atom is -0.291 e. The van der Waals surface area contributed by atoms with Gasteiger partial charge in [-0.15, -0.1) is 0 Å². The Kier molecular flexibility index (Phi) is 2.40. The van der Waals surface area contributed by atoms with Crippen molar-refractivity contribution in [2.24, 2.45) is 5.10 Å². The van der Waals surface area contributed by atoms with Crippen LogP contribution in [0, 0.1) is 0 Å². The molecule has 0 radical (unpaired) electrons. The van der Waals surface area contributed by atoms with E-state index in [-0.39, 0.29) is 5.78 Å². The summed E-state index contributed by atoms with van der Waals surface area (Å²) < 4.78 is 1.89. The van der Waals surface area contributed by atoms with Gasteiger partial charge in [0.1, 0.15) is 12.3 Å². The van der Waals surface area contributed by atoms with Crippen molar-refractivity contribution in [1.29, 1.82) is 0 Å². The second kappa shape index (κ2) is 3.92. The minimum absolute atomic E-state index is 0.0814. The average molecular weight is 245 g/mol. The molecule has 0 N–H and O–H groups in total. The third-order valence-corrected chi connectivity index (χ3v) is 3.74. The molecule has 0 unspecified atom stereocenters. The van der Waals surface area contributed by atoms with Crippen LogP contribution in [0.15, 0.2) is 40.5 Å². The highest BCUT2D eigenvalue weighted by atomic mass is 32.2. The van der Waals surface area contributed by atoms with E-state index in [1.54, 1.807) is 24.0 Å². The first-order valence-corrected chi connectivity index (χ1v) is 6.12. The highest BCUT2D eigenvalue weighted by Gasteiger charge is 2.25. The van der Waals surface area contributed by atoms with Gasteiger partial charge in [0.05, 0.1) is 0 Å². The summed E-state index contributed by atoms with van der Waals surface area (Å²) in [6, 6.07) is 8.15. The van der Waals surface area contributed by atoms with Gasteiger partial charge in [-0.3, -0.25) is 4.79 Å². The van der Waals surface area contributed by atoms with Gasteiger partial charge in [-0.1, -0.05) is 18.2 Å². The van der Waals surface area contributed by atoms with E-state index in [2.05, 4.69) is 17.2 Å². The molecular formula is C12H11N3OS. The van der Waals surface area contributed by atoms with E-state index in [9.17, 15) is 4.79 Å². The Morgan fingerprint density at radius 3 is 2.94 bits per heavy atom. The fourth-order valence-corrected chi connectivity index (χ4v) is 2.61. The number of nitrogens with zero attached hydrogens (tertiary/aromatic N) is 3. The van der Waals surface area contributed by atoms with Crippen molar-refractivity contribution in [3.8, 4) is 0 Å². The van der Waals surface area contributed by atoms with Gasteiger partial charge in [0, 0.05) is 23.0 Å². The van der Waals surface area contributed by atoms with Crippen LogP contribution in [-0.4, -0.2) is 27.6 Å². The van der Waals surface area contributed by atoms with E-state index < -0.39 is 0 Å². The molecule has 0 saturated heterocycles. The lowest BCUT2D eigenvalue weighted by Gasteiger charge is -2.29. The van der Waals surface area contributed by atoms with Crippen LogP contribution in [0.4, 0.5) is 0 Å². The van der Waals surface area contributed by atoms with Crippen LogP contribution in [0.5, 0.6) is 0 Å². The third-order valence-electron chi connectivity index (χ3n) is 2.67. The molecule has 86 valence electrons. The standard InChI is InChI=1S/C12H11N3OS/c1-9-11(16)8-14(13-9)15-7-6-10-4-2-3-5-12(10)17-15/h2-7H,8H2,1H3. The van der Waals surface area contributed by atoms with E-state index in [4.69, 9.17) is 0 Å². The fraction of sp³-hybridized carbons (Fsp3) is 0.167. The molecule has 0 fully saturated rings. The zero-order chi connectivity index (χ0) is 11.8. The lowest BCUT2D eigenvalue weighted by molar-refractivity contribution is -0.114. The topological polar surface area (TPSA) is 35.9 Å². The maximum Gasteiger partial charge on any atom is 0.201 e. The van der Waals surface area contributed by atoms with E-state index in [1.807, 2.05) is 28.8 Å². The number of ketones is 1. The number of hydrogen-bond donors (Lipinski definition) is 0. The first-order valence-electron chi connectivity index (χ1n) is 5.34. The Morgan fingerprint density at radius 1 is 1.35 bits per heavy atom. The second-order valence-electron chi connectivity index (χ2n) is 3.89. The van der Waals surface area contributed by atoms with Crippen molar-refractivity contribution >= 4 is 29.5 Å². The van der Waals surface area contributed by atoms with Gasteiger partial charge in [0.15, 0.2) is 0 Å². The van der Waals surface area contributed by atoms with Crippen molar-refractivity contribution in [3.05, 3.63) is 36.0 Å². The summed E-state index contributed by atoms with van der Waals surface area (Å²) >= 11 is 1.57. The van der Waals surface area contributed by atoms with E-state index in [0.29, 0.717) is 12.3 Å². The van der Waals surface area contributed by atoms with Crippen LogP contribution in [0.3, 0.4) is 0 Å². The second-order valence-corrected chi connectivity index (χ2v) is 4.88. The van der Waals surface area contributed by atoms with Crippen molar-refractivity contribution < 1.29 is 4.79 Å². The molecule has 0 atom stereocenters. The molecule has 0 bridgehead atoms. The summed E-state index contributed by atoms with van der Waals surface area (Å²) in [5.41, 5.74) is 1.76. The summed E-state index contributed by atoms with van der Waals surface area (Å²) in [6.07, 6.45) is 3.96. The van der Waals surface area contributed by atoms with Crippen molar-refractivity contribution in [2.45, 2.75) is 11.8 Å². The number of hydrogen-bond acceptors (Lipinski definition) is 5. The third kappa shape index (κ3) is 1.82. The Morgan fingerprint density at radius 2 is 2.18 bits per heavy atom. The van der Waals surface area contributed by atoms with Crippen molar-refractivity contribution in [1.82, 2.24) is 9.53 Å². The quantitative estimate of drug-likeness (QED) is 0.710. The molecule has 0 saturated carbocycles. The van der Waals surface area contributed by atoms with Gasteiger partial charge >= 0.3 is 0 Å². The molecule has 0 spiro atoms. The molecule has 17 heavy (non-hydrogen) atoms. The van der Waals surface area contributed by atoms with Crippen LogP contribution < -0.4 is 0 Å². The largest absolute Gasteiger partial charge is 0.291 e. The molecule has 1 aromatic rings. The van der Waals surface area contributed by atoms with E-state index in [0.717, 1.165) is 0 Å². The van der Waals surface area contributed by atoms with Crippen molar-refractivity contribution in [3.63, 3.8) is 0 Å². The highest BCUT2D eigenvalue weighted by Crippen LogP contribution is 2.33. The molecule has 2 aliphatic rings. The molecule has 0 aliphatic carbocycles. The van der Waals surface area contributed by atoms with Crippen molar-refractivity contribution in [2.75, 3.05) is 6.54 Å². The first kappa shape index (κ1) is 10.4. The predicted molar refractivity (Wildman–Crippen MR) is 68.0 cm³/mol. The van der Waals surface area contributed by atoms with Crippen LogP contribution >= 0.6 is 11.9 Å². The number of rotatable bonds is 1. The lowest BCUT2D eigenvalue weighted by atomic mass is 10.2. The fourth-order valence-electron chi connectivity index (χ4n) is 1.72. The average Bonchev–Trinajstić information content (AvgIpc) is 2.69. The van der Waals surface area contributed by atoms with Crippen LogP contribution in [0.2, 0.25) is 0 Å². The molecule has 2 heterocycles. The van der Waals surface area contributed by atoms with Gasteiger partial charge in [0.2, 0.25) is 5.78 Å². The van der Waals surface area contributed by atoms with Gasteiger partial charge in [-0.25, -0.2) is 4.41 Å². The number of carbonyl (C=O) groups is 1. The summed E-state index contributed by atoms with van der Waals surface area (Å²) in [7, 11) is 0. The van der Waals surface area contributed by atoms with Crippen LogP contribution in [-0.2, 0) is 4.79 Å². The monoisotopic (exact) mass is 245 g/mol. The van der Waals surface area contributed by atoms with Crippen LogP contribution in [0.25, 0.3) is 6.08 Å².